The Bertz CT molecular complexity index is 235. The third-order valence-electron chi connectivity index (χ3n) is 2.23. The average Bonchev–Trinajstić information content (AvgIpc) is 2.18. The SMILES string of the molecule is NC(=S)NCC#CCN1CCCCC1. The maximum absolute atomic E-state index is 5.26. The van der Waals surface area contributed by atoms with Gasteiger partial charge in [0.1, 0.15) is 0 Å². The summed E-state index contributed by atoms with van der Waals surface area (Å²) in [6.07, 6.45) is 3.99. The third kappa shape index (κ3) is 5.05. The highest BCUT2D eigenvalue weighted by atomic mass is 32.1. The lowest BCUT2D eigenvalue weighted by Crippen LogP contribution is -2.30. The largest absolute Gasteiger partial charge is 0.376 e. The molecule has 0 aromatic heterocycles. The number of rotatable bonds is 2. The van der Waals surface area contributed by atoms with E-state index in [1.54, 1.807) is 0 Å². The normalized spacial score (nSPS) is 16.9. The van der Waals surface area contributed by atoms with Crippen LogP contribution in [-0.4, -0.2) is 36.2 Å². The second-order valence-electron chi connectivity index (χ2n) is 3.41. The first-order valence-corrected chi connectivity index (χ1v) is 5.41. The minimum absolute atomic E-state index is 0.317. The summed E-state index contributed by atoms with van der Waals surface area (Å²) in [5.74, 6) is 6.10. The van der Waals surface area contributed by atoms with E-state index in [-0.39, 0.29) is 0 Å². The maximum Gasteiger partial charge on any atom is 0.164 e. The first-order valence-electron chi connectivity index (χ1n) is 5.00. The molecule has 0 spiro atoms. The fourth-order valence-corrected chi connectivity index (χ4v) is 1.55. The van der Waals surface area contributed by atoms with Crippen LogP contribution in [0.5, 0.6) is 0 Å². The molecule has 1 heterocycles. The van der Waals surface area contributed by atoms with Gasteiger partial charge in [-0.25, -0.2) is 0 Å². The molecular formula is C10H17N3S. The number of nitrogens with two attached hydrogens (primary N) is 1. The summed E-state index contributed by atoms with van der Waals surface area (Å²) in [4.78, 5) is 2.39. The number of nitrogens with zero attached hydrogens (tertiary/aromatic N) is 1. The molecule has 3 nitrogen and oxygen atoms in total. The van der Waals surface area contributed by atoms with Gasteiger partial charge in [-0.3, -0.25) is 4.90 Å². The molecule has 0 unspecified atom stereocenters. The molecule has 0 atom stereocenters. The Morgan fingerprint density at radius 2 is 2.00 bits per heavy atom. The molecule has 0 saturated carbocycles. The molecule has 1 aliphatic heterocycles. The number of nitrogens with one attached hydrogen (secondary N) is 1. The number of piperidine rings is 1. The van der Waals surface area contributed by atoms with Crippen molar-refractivity contribution in [2.45, 2.75) is 19.3 Å². The smallest absolute Gasteiger partial charge is 0.164 e. The summed E-state index contributed by atoms with van der Waals surface area (Å²) in [5, 5.41) is 3.12. The van der Waals surface area contributed by atoms with Crippen LogP contribution < -0.4 is 11.1 Å². The topological polar surface area (TPSA) is 41.3 Å². The molecule has 3 N–H and O–H groups in total. The zero-order valence-electron chi connectivity index (χ0n) is 8.38. The first kappa shape index (κ1) is 11.3. The van der Waals surface area contributed by atoms with Gasteiger partial charge in [-0.05, 0) is 38.1 Å². The van der Waals surface area contributed by atoms with Crippen molar-refractivity contribution in [3.05, 3.63) is 0 Å². The van der Waals surface area contributed by atoms with E-state index in [4.69, 9.17) is 5.73 Å². The predicted molar refractivity (Wildman–Crippen MR) is 62.9 cm³/mol. The zero-order valence-corrected chi connectivity index (χ0v) is 9.20. The van der Waals surface area contributed by atoms with E-state index in [0.717, 1.165) is 6.54 Å². The van der Waals surface area contributed by atoms with Gasteiger partial charge < -0.3 is 11.1 Å². The van der Waals surface area contributed by atoms with Gasteiger partial charge in [-0.1, -0.05) is 18.3 Å². The van der Waals surface area contributed by atoms with Gasteiger partial charge in [-0.15, -0.1) is 0 Å². The molecule has 0 radical (unpaired) electrons. The number of hydrogen-bond acceptors (Lipinski definition) is 2. The van der Waals surface area contributed by atoms with Crippen molar-refractivity contribution in [1.82, 2.24) is 10.2 Å². The Morgan fingerprint density at radius 1 is 1.29 bits per heavy atom. The Kier molecular flexibility index (Phi) is 5.35. The van der Waals surface area contributed by atoms with E-state index in [1.165, 1.54) is 32.4 Å². The molecule has 1 fully saturated rings. The van der Waals surface area contributed by atoms with Crippen LogP contribution in [0, 0.1) is 11.8 Å². The van der Waals surface area contributed by atoms with Gasteiger partial charge in [0.05, 0.1) is 13.1 Å². The summed E-state index contributed by atoms with van der Waals surface area (Å²) < 4.78 is 0. The van der Waals surface area contributed by atoms with E-state index in [9.17, 15) is 0 Å². The Labute approximate surface area is 91.0 Å². The first-order chi connectivity index (χ1) is 6.79. The minimum atomic E-state index is 0.317. The van der Waals surface area contributed by atoms with Gasteiger partial charge in [0.2, 0.25) is 0 Å². The molecule has 0 aromatic rings. The Morgan fingerprint density at radius 3 is 2.64 bits per heavy atom. The van der Waals surface area contributed by atoms with E-state index in [0.29, 0.717) is 11.7 Å². The van der Waals surface area contributed by atoms with Crippen LogP contribution in [0.2, 0.25) is 0 Å². The van der Waals surface area contributed by atoms with Gasteiger partial charge >= 0.3 is 0 Å². The summed E-state index contributed by atoms with van der Waals surface area (Å²) >= 11 is 4.66. The third-order valence-corrected chi connectivity index (χ3v) is 2.37. The fraction of sp³-hybridized carbons (Fsp3) is 0.700. The zero-order chi connectivity index (χ0) is 10.2. The molecule has 0 amide bonds. The van der Waals surface area contributed by atoms with Crippen molar-refractivity contribution >= 4 is 17.3 Å². The van der Waals surface area contributed by atoms with Crippen LogP contribution in [0.4, 0.5) is 0 Å². The van der Waals surface area contributed by atoms with Crippen LogP contribution in [-0.2, 0) is 0 Å². The van der Waals surface area contributed by atoms with E-state index < -0.39 is 0 Å². The molecule has 0 aromatic carbocycles. The van der Waals surface area contributed by atoms with Crippen LogP contribution in [0.3, 0.4) is 0 Å². The van der Waals surface area contributed by atoms with Crippen LogP contribution >= 0.6 is 12.2 Å². The molecule has 1 aliphatic rings. The van der Waals surface area contributed by atoms with Crippen molar-refractivity contribution in [2.75, 3.05) is 26.2 Å². The lowest BCUT2D eigenvalue weighted by Gasteiger charge is -2.23. The lowest BCUT2D eigenvalue weighted by molar-refractivity contribution is 0.255. The van der Waals surface area contributed by atoms with Crippen molar-refractivity contribution in [2.24, 2.45) is 5.73 Å². The van der Waals surface area contributed by atoms with Gasteiger partial charge in [0, 0.05) is 0 Å². The minimum Gasteiger partial charge on any atom is -0.376 e. The molecule has 1 rings (SSSR count). The van der Waals surface area contributed by atoms with Crippen LogP contribution in [0.25, 0.3) is 0 Å². The van der Waals surface area contributed by atoms with Gasteiger partial charge in [-0.2, -0.15) is 0 Å². The standard InChI is InChI=1S/C10H17N3S/c11-10(14)12-6-2-5-9-13-7-3-1-4-8-13/h1,3-4,6-9H2,(H3,11,12,14). The Balaban J connectivity index is 2.08. The van der Waals surface area contributed by atoms with Crippen LogP contribution in [0.1, 0.15) is 19.3 Å². The van der Waals surface area contributed by atoms with Crippen LogP contribution in [0.15, 0.2) is 0 Å². The second-order valence-corrected chi connectivity index (χ2v) is 3.85. The molecule has 78 valence electrons. The summed E-state index contributed by atoms with van der Waals surface area (Å²) in [6.45, 7) is 3.82. The number of thiocarbonyl (C=S) groups is 1. The quantitative estimate of drug-likeness (QED) is 0.509. The van der Waals surface area contributed by atoms with Gasteiger partial charge in [0.25, 0.3) is 0 Å². The summed E-state index contributed by atoms with van der Waals surface area (Å²) in [5.41, 5.74) is 5.26. The predicted octanol–water partition coefficient (Wildman–Crippen LogP) is 0.309. The maximum atomic E-state index is 5.26. The molecule has 0 aliphatic carbocycles. The highest BCUT2D eigenvalue weighted by molar-refractivity contribution is 7.80. The lowest BCUT2D eigenvalue weighted by atomic mass is 10.1. The average molecular weight is 211 g/mol. The monoisotopic (exact) mass is 211 g/mol. The highest BCUT2D eigenvalue weighted by Crippen LogP contribution is 2.06. The van der Waals surface area contributed by atoms with Gasteiger partial charge in [0.15, 0.2) is 5.11 Å². The van der Waals surface area contributed by atoms with Crippen molar-refractivity contribution < 1.29 is 0 Å². The van der Waals surface area contributed by atoms with E-state index in [1.807, 2.05) is 0 Å². The molecular weight excluding hydrogens is 194 g/mol. The van der Waals surface area contributed by atoms with E-state index >= 15 is 0 Å². The van der Waals surface area contributed by atoms with Crippen molar-refractivity contribution in [3.8, 4) is 11.8 Å². The highest BCUT2D eigenvalue weighted by Gasteiger charge is 2.07. The van der Waals surface area contributed by atoms with Crippen molar-refractivity contribution in [1.29, 1.82) is 0 Å². The number of likely N-dealkylation sites (tertiary alicyclic amines) is 1. The number of hydrogen-bond donors (Lipinski definition) is 2. The van der Waals surface area contributed by atoms with E-state index in [2.05, 4.69) is 34.3 Å². The fourth-order valence-electron chi connectivity index (χ4n) is 1.48. The molecule has 1 saturated heterocycles. The van der Waals surface area contributed by atoms with Crippen molar-refractivity contribution in [3.63, 3.8) is 0 Å². The summed E-state index contributed by atoms with van der Waals surface area (Å²) in [7, 11) is 0. The second kappa shape index (κ2) is 6.63. The molecule has 4 heteroatoms. The molecule has 0 bridgehead atoms. The summed E-state index contributed by atoms with van der Waals surface area (Å²) in [6, 6.07) is 0. The molecule has 14 heavy (non-hydrogen) atoms. The Hall–Kier alpha value is -0.790.